The highest BCUT2D eigenvalue weighted by molar-refractivity contribution is 4.98. The van der Waals surface area contributed by atoms with Crippen molar-refractivity contribution in [2.45, 2.75) is 45.7 Å². The third-order valence-corrected chi connectivity index (χ3v) is 4.28. The van der Waals surface area contributed by atoms with Gasteiger partial charge in [0.1, 0.15) is 0 Å². The lowest BCUT2D eigenvalue weighted by molar-refractivity contribution is 0.376. The number of nitrogens with one attached hydrogen (secondary N) is 1. The fraction of sp³-hybridized carbons (Fsp3) is 0.786. The number of rotatable bonds is 7. The van der Waals surface area contributed by atoms with Crippen LogP contribution in [0.2, 0.25) is 0 Å². The van der Waals surface area contributed by atoms with E-state index in [1.807, 2.05) is 12.5 Å². The van der Waals surface area contributed by atoms with Crippen molar-refractivity contribution in [2.75, 3.05) is 6.54 Å². The van der Waals surface area contributed by atoms with Crippen LogP contribution < -0.4 is 5.32 Å². The lowest BCUT2D eigenvalue weighted by Gasteiger charge is -2.16. The molecule has 0 unspecified atom stereocenters. The summed E-state index contributed by atoms with van der Waals surface area (Å²) in [5.74, 6) is 3.06. The molecule has 17 heavy (non-hydrogen) atoms. The highest BCUT2D eigenvalue weighted by Crippen LogP contribution is 2.48. The van der Waals surface area contributed by atoms with Gasteiger partial charge < -0.3 is 9.88 Å². The van der Waals surface area contributed by atoms with Crippen LogP contribution in [0.25, 0.3) is 0 Å². The van der Waals surface area contributed by atoms with E-state index in [1.165, 1.54) is 37.9 Å². The largest absolute Gasteiger partial charge is 0.334 e. The second-order valence-electron chi connectivity index (χ2n) is 5.64. The molecule has 2 aliphatic rings. The molecule has 1 heterocycles. The number of hydrogen-bond acceptors (Lipinski definition) is 2. The molecule has 0 bridgehead atoms. The Bertz CT molecular complexity index is 351. The van der Waals surface area contributed by atoms with Gasteiger partial charge in [0, 0.05) is 19.3 Å². The summed E-state index contributed by atoms with van der Waals surface area (Å²) >= 11 is 0. The predicted octanol–water partition coefficient (Wildman–Crippen LogP) is 2.43. The first-order chi connectivity index (χ1) is 8.38. The van der Waals surface area contributed by atoms with E-state index >= 15 is 0 Å². The van der Waals surface area contributed by atoms with Crippen LogP contribution in [0, 0.1) is 17.8 Å². The first-order valence-corrected chi connectivity index (χ1v) is 7.08. The average Bonchev–Trinajstić information content (AvgIpc) is 3.24. The maximum atomic E-state index is 4.21. The Hall–Kier alpha value is -0.830. The molecule has 94 valence electrons. The second-order valence-corrected chi connectivity index (χ2v) is 5.64. The van der Waals surface area contributed by atoms with Crippen molar-refractivity contribution < 1.29 is 0 Å². The van der Waals surface area contributed by atoms with E-state index in [2.05, 4.69) is 21.8 Å². The van der Waals surface area contributed by atoms with Gasteiger partial charge in [-0.25, -0.2) is 4.98 Å². The lowest BCUT2D eigenvalue weighted by Crippen LogP contribution is -2.26. The molecule has 0 radical (unpaired) electrons. The smallest absolute Gasteiger partial charge is 0.0948 e. The SMILES string of the molecule is CCn1cncc1CNCC(C1CC1)C1CC1. The first kappa shape index (κ1) is 11.3. The van der Waals surface area contributed by atoms with Gasteiger partial charge in [0.25, 0.3) is 0 Å². The van der Waals surface area contributed by atoms with Crippen molar-refractivity contribution in [2.24, 2.45) is 17.8 Å². The van der Waals surface area contributed by atoms with Crippen molar-refractivity contribution in [1.82, 2.24) is 14.9 Å². The lowest BCUT2D eigenvalue weighted by atomic mass is 9.98. The van der Waals surface area contributed by atoms with Crippen molar-refractivity contribution in [3.63, 3.8) is 0 Å². The number of nitrogens with zero attached hydrogens (tertiary/aromatic N) is 2. The van der Waals surface area contributed by atoms with Gasteiger partial charge in [-0.3, -0.25) is 0 Å². The Balaban J connectivity index is 1.47. The zero-order valence-corrected chi connectivity index (χ0v) is 10.7. The third kappa shape index (κ3) is 2.71. The Kier molecular flexibility index (Phi) is 3.19. The van der Waals surface area contributed by atoms with Gasteiger partial charge in [0.2, 0.25) is 0 Å². The maximum absolute atomic E-state index is 4.21. The molecular weight excluding hydrogens is 210 g/mol. The fourth-order valence-corrected chi connectivity index (χ4v) is 2.91. The molecule has 0 aromatic carbocycles. The molecule has 0 aliphatic heterocycles. The van der Waals surface area contributed by atoms with E-state index in [1.54, 1.807) is 0 Å². The van der Waals surface area contributed by atoms with Crippen LogP contribution in [0.1, 0.15) is 38.3 Å². The number of hydrogen-bond donors (Lipinski definition) is 1. The summed E-state index contributed by atoms with van der Waals surface area (Å²) in [4.78, 5) is 4.21. The van der Waals surface area contributed by atoms with E-state index in [0.717, 1.165) is 30.8 Å². The minimum Gasteiger partial charge on any atom is -0.334 e. The molecule has 0 atom stereocenters. The fourth-order valence-electron chi connectivity index (χ4n) is 2.91. The summed E-state index contributed by atoms with van der Waals surface area (Å²) in [7, 11) is 0. The highest BCUT2D eigenvalue weighted by atomic mass is 15.1. The van der Waals surface area contributed by atoms with Gasteiger partial charge in [0.05, 0.1) is 12.0 Å². The van der Waals surface area contributed by atoms with E-state index in [4.69, 9.17) is 0 Å². The summed E-state index contributed by atoms with van der Waals surface area (Å²) in [5.41, 5.74) is 1.32. The number of aromatic nitrogens is 2. The molecule has 3 heteroatoms. The summed E-state index contributed by atoms with van der Waals surface area (Å²) in [5, 5.41) is 3.64. The third-order valence-electron chi connectivity index (χ3n) is 4.28. The van der Waals surface area contributed by atoms with Gasteiger partial charge >= 0.3 is 0 Å². The highest BCUT2D eigenvalue weighted by Gasteiger charge is 2.40. The topological polar surface area (TPSA) is 29.9 Å². The van der Waals surface area contributed by atoms with Gasteiger partial charge in [0.15, 0.2) is 0 Å². The van der Waals surface area contributed by atoms with Crippen LogP contribution in [-0.4, -0.2) is 16.1 Å². The number of imidazole rings is 1. The van der Waals surface area contributed by atoms with E-state index in [0.29, 0.717) is 0 Å². The van der Waals surface area contributed by atoms with E-state index in [9.17, 15) is 0 Å². The molecule has 2 fully saturated rings. The molecule has 1 N–H and O–H groups in total. The molecule has 3 rings (SSSR count). The minimum atomic E-state index is 0.966. The maximum Gasteiger partial charge on any atom is 0.0948 e. The zero-order valence-electron chi connectivity index (χ0n) is 10.7. The standard InChI is InChI=1S/C14H23N3/c1-2-17-10-16-8-13(17)7-15-9-14(11-3-4-11)12-5-6-12/h8,10-12,14-15H,2-7,9H2,1H3. The minimum absolute atomic E-state index is 0.966. The monoisotopic (exact) mass is 233 g/mol. The van der Waals surface area contributed by atoms with Crippen LogP contribution in [0.15, 0.2) is 12.5 Å². The quantitative estimate of drug-likeness (QED) is 0.784. The van der Waals surface area contributed by atoms with Gasteiger partial charge in [-0.1, -0.05) is 0 Å². The van der Waals surface area contributed by atoms with E-state index in [-0.39, 0.29) is 0 Å². The van der Waals surface area contributed by atoms with Gasteiger partial charge in [-0.15, -0.1) is 0 Å². The summed E-state index contributed by atoms with van der Waals surface area (Å²) in [6, 6.07) is 0. The zero-order chi connectivity index (χ0) is 11.7. The Morgan fingerprint density at radius 3 is 2.65 bits per heavy atom. The van der Waals surface area contributed by atoms with Crippen molar-refractivity contribution in [3.8, 4) is 0 Å². The summed E-state index contributed by atoms with van der Waals surface area (Å²) in [6.07, 6.45) is 9.84. The molecule has 2 aliphatic carbocycles. The summed E-state index contributed by atoms with van der Waals surface area (Å²) < 4.78 is 2.22. The molecule has 2 saturated carbocycles. The van der Waals surface area contributed by atoms with Crippen LogP contribution in [0.3, 0.4) is 0 Å². The summed E-state index contributed by atoms with van der Waals surface area (Å²) in [6.45, 7) is 5.38. The van der Waals surface area contributed by atoms with Crippen molar-refractivity contribution in [1.29, 1.82) is 0 Å². The molecule has 1 aromatic heterocycles. The van der Waals surface area contributed by atoms with Gasteiger partial charge in [-0.05, 0) is 56.9 Å². The van der Waals surface area contributed by atoms with E-state index < -0.39 is 0 Å². The van der Waals surface area contributed by atoms with Crippen LogP contribution in [0.4, 0.5) is 0 Å². The second kappa shape index (κ2) is 4.81. The van der Waals surface area contributed by atoms with Crippen LogP contribution in [-0.2, 0) is 13.1 Å². The van der Waals surface area contributed by atoms with Crippen LogP contribution >= 0.6 is 0 Å². The molecule has 0 saturated heterocycles. The molecule has 3 nitrogen and oxygen atoms in total. The Morgan fingerprint density at radius 2 is 2.06 bits per heavy atom. The Labute approximate surface area is 104 Å². The first-order valence-electron chi connectivity index (χ1n) is 7.08. The average molecular weight is 233 g/mol. The van der Waals surface area contributed by atoms with Gasteiger partial charge in [-0.2, -0.15) is 0 Å². The van der Waals surface area contributed by atoms with Crippen molar-refractivity contribution in [3.05, 3.63) is 18.2 Å². The normalized spacial score (nSPS) is 20.1. The molecule has 0 amide bonds. The molecule has 1 aromatic rings. The molecule has 0 spiro atoms. The predicted molar refractivity (Wildman–Crippen MR) is 68.5 cm³/mol. The Morgan fingerprint density at radius 1 is 1.35 bits per heavy atom. The van der Waals surface area contributed by atoms with Crippen LogP contribution in [0.5, 0.6) is 0 Å². The number of aryl methyl sites for hydroxylation is 1. The molecular formula is C14H23N3. The van der Waals surface area contributed by atoms with Crippen molar-refractivity contribution >= 4 is 0 Å².